The van der Waals surface area contributed by atoms with Gasteiger partial charge in [0.2, 0.25) is 0 Å². The molecule has 0 heterocycles. The minimum Gasteiger partial charge on any atom is -0.481 e. The van der Waals surface area contributed by atoms with Crippen LogP contribution >= 0.6 is 0 Å². The number of carboxylic acids is 2. The number of hydrogen-bond donors (Lipinski definition) is 2. The summed E-state index contributed by atoms with van der Waals surface area (Å²) in [7, 11) is 0. The van der Waals surface area contributed by atoms with Gasteiger partial charge in [0, 0.05) is 11.5 Å². The first-order valence-corrected chi connectivity index (χ1v) is 8.74. The van der Waals surface area contributed by atoms with Crippen molar-refractivity contribution in [2.45, 2.75) is 45.4 Å². The molecule has 5 aliphatic carbocycles. The predicted octanol–water partition coefficient (Wildman–Crippen LogP) is 3.49. The van der Waals surface area contributed by atoms with Gasteiger partial charge in [-0.1, -0.05) is 25.2 Å². The summed E-state index contributed by atoms with van der Waals surface area (Å²) in [6, 6.07) is 0. The molecule has 5 aliphatic rings. The summed E-state index contributed by atoms with van der Waals surface area (Å²) < 4.78 is 0. The molecule has 2 atom stereocenters. The van der Waals surface area contributed by atoms with Crippen LogP contribution in [0.15, 0.2) is 23.8 Å². The zero-order valence-electron chi connectivity index (χ0n) is 13.5. The summed E-state index contributed by atoms with van der Waals surface area (Å²) in [5.41, 5.74) is -1.09. The van der Waals surface area contributed by atoms with Crippen molar-refractivity contribution in [1.29, 1.82) is 0 Å². The molecule has 0 spiro atoms. The van der Waals surface area contributed by atoms with Crippen LogP contribution in [0.5, 0.6) is 0 Å². The van der Waals surface area contributed by atoms with E-state index < -0.39 is 23.3 Å². The fourth-order valence-corrected chi connectivity index (χ4v) is 6.83. The molecule has 0 aromatic carbocycles. The molecule has 4 heteroatoms. The average molecular weight is 316 g/mol. The summed E-state index contributed by atoms with van der Waals surface area (Å²) in [6.45, 7) is 1.80. The van der Waals surface area contributed by atoms with E-state index in [4.69, 9.17) is 0 Å². The third kappa shape index (κ3) is 1.84. The minimum absolute atomic E-state index is 0.241. The van der Waals surface area contributed by atoms with Gasteiger partial charge in [0.05, 0.1) is 5.41 Å². The number of hydrogen-bond acceptors (Lipinski definition) is 2. The monoisotopic (exact) mass is 316 g/mol. The maximum atomic E-state index is 12.5. The maximum Gasteiger partial charge on any atom is 0.331 e. The molecular weight excluding hydrogens is 292 g/mol. The Balaban J connectivity index is 1.83. The molecule has 0 saturated heterocycles. The Morgan fingerprint density at radius 2 is 1.57 bits per heavy atom. The number of allylic oxidation sites excluding steroid dienone is 2. The zero-order valence-corrected chi connectivity index (χ0v) is 13.5. The summed E-state index contributed by atoms with van der Waals surface area (Å²) >= 11 is 0. The molecule has 23 heavy (non-hydrogen) atoms. The molecule has 5 rings (SSSR count). The molecule has 2 unspecified atom stereocenters. The van der Waals surface area contributed by atoms with E-state index in [1.165, 1.54) is 19.3 Å². The second kappa shape index (κ2) is 4.71. The van der Waals surface area contributed by atoms with Crippen molar-refractivity contribution in [3.8, 4) is 0 Å². The third-order valence-corrected chi connectivity index (χ3v) is 7.30. The van der Waals surface area contributed by atoms with Crippen molar-refractivity contribution in [3.63, 3.8) is 0 Å². The van der Waals surface area contributed by atoms with Crippen LogP contribution in [0.1, 0.15) is 45.4 Å². The Hall–Kier alpha value is -1.58. The fourth-order valence-electron chi connectivity index (χ4n) is 6.83. The molecule has 0 radical (unpaired) electrons. The van der Waals surface area contributed by atoms with Crippen molar-refractivity contribution in [3.05, 3.63) is 23.8 Å². The van der Waals surface area contributed by atoms with Crippen molar-refractivity contribution in [2.75, 3.05) is 0 Å². The van der Waals surface area contributed by atoms with Crippen molar-refractivity contribution >= 4 is 11.9 Å². The van der Waals surface area contributed by atoms with Gasteiger partial charge in [-0.2, -0.15) is 0 Å². The number of carbonyl (C=O) groups is 2. The van der Waals surface area contributed by atoms with E-state index in [2.05, 4.69) is 0 Å². The molecule has 0 aliphatic heterocycles. The maximum absolute atomic E-state index is 12.5. The van der Waals surface area contributed by atoms with Gasteiger partial charge in [0.25, 0.3) is 0 Å². The number of carboxylic acid groups (broad SMARTS) is 2. The SMILES string of the molecule is CC1C(C(=O)O)=CC=CC1(C(=O)O)C12CC3CC(CC(C3)C1)C2. The Morgan fingerprint density at radius 1 is 1.04 bits per heavy atom. The summed E-state index contributed by atoms with van der Waals surface area (Å²) in [4.78, 5) is 24.1. The summed E-state index contributed by atoms with van der Waals surface area (Å²) in [6.07, 6.45) is 11.7. The van der Waals surface area contributed by atoms with Gasteiger partial charge >= 0.3 is 11.9 Å². The van der Waals surface area contributed by atoms with Gasteiger partial charge in [-0.05, 0) is 61.7 Å². The standard InChI is InChI=1S/C19H24O4/c1-11-15(16(20)21)3-2-4-19(11,17(22)23)18-8-12-5-13(9-18)7-14(6-12)10-18/h2-4,11-14H,5-10H2,1H3,(H,20,21)(H,22,23). The highest BCUT2D eigenvalue weighted by atomic mass is 16.4. The van der Waals surface area contributed by atoms with Crippen LogP contribution in [-0.2, 0) is 9.59 Å². The highest BCUT2D eigenvalue weighted by Crippen LogP contribution is 2.69. The van der Waals surface area contributed by atoms with Crippen LogP contribution in [0.3, 0.4) is 0 Å². The molecular formula is C19H24O4. The molecule has 0 aromatic heterocycles. The van der Waals surface area contributed by atoms with Gasteiger partial charge in [-0.3, -0.25) is 4.79 Å². The molecule has 124 valence electrons. The van der Waals surface area contributed by atoms with Gasteiger partial charge < -0.3 is 10.2 Å². The third-order valence-electron chi connectivity index (χ3n) is 7.30. The van der Waals surface area contributed by atoms with Crippen molar-refractivity contribution in [2.24, 2.45) is 34.5 Å². The van der Waals surface area contributed by atoms with E-state index in [1.54, 1.807) is 19.1 Å². The lowest BCUT2D eigenvalue weighted by Gasteiger charge is -2.63. The van der Waals surface area contributed by atoms with Gasteiger partial charge in [0.15, 0.2) is 0 Å². The van der Waals surface area contributed by atoms with E-state index in [9.17, 15) is 19.8 Å². The van der Waals surface area contributed by atoms with Gasteiger partial charge in [0.1, 0.15) is 0 Å². The van der Waals surface area contributed by atoms with Crippen LogP contribution in [0.4, 0.5) is 0 Å². The Morgan fingerprint density at radius 3 is 2.00 bits per heavy atom. The summed E-state index contributed by atoms with van der Waals surface area (Å²) in [5, 5.41) is 19.8. The highest BCUT2D eigenvalue weighted by molar-refractivity contribution is 5.91. The van der Waals surface area contributed by atoms with Crippen LogP contribution in [0.25, 0.3) is 0 Å². The lowest BCUT2D eigenvalue weighted by molar-refractivity contribution is -0.177. The highest BCUT2D eigenvalue weighted by Gasteiger charge is 2.65. The largest absolute Gasteiger partial charge is 0.481 e. The molecule has 4 saturated carbocycles. The lowest BCUT2D eigenvalue weighted by atomic mass is 9.40. The predicted molar refractivity (Wildman–Crippen MR) is 84.7 cm³/mol. The van der Waals surface area contributed by atoms with E-state index in [1.807, 2.05) is 6.08 Å². The Kier molecular flexibility index (Phi) is 3.07. The van der Waals surface area contributed by atoms with Crippen LogP contribution in [0.2, 0.25) is 0 Å². The van der Waals surface area contributed by atoms with Crippen LogP contribution in [-0.4, -0.2) is 22.2 Å². The first-order valence-electron chi connectivity index (χ1n) is 8.74. The van der Waals surface area contributed by atoms with Gasteiger partial charge in [-0.25, -0.2) is 4.79 Å². The molecule has 4 nitrogen and oxygen atoms in total. The normalized spacial score (nSPS) is 47.4. The van der Waals surface area contributed by atoms with Crippen molar-refractivity contribution < 1.29 is 19.8 Å². The van der Waals surface area contributed by atoms with Gasteiger partial charge in [-0.15, -0.1) is 0 Å². The van der Waals surface area contributed by atoms with Crippen LogP contribution < -0.4 is 0 Å². The van der Waals surface area contributed by atoms with E-state index >= 15 is 0 Å². The topological polar surface area (TPSA) is 74.6 Å². The second-order valence-corrected chi connectivity index (χ2v) is 8.38. The average Bonchev–Trinajstić information content (AvgIpc) is 2.45. The molecule has 0 aromatic rings. The van der Waals surface area contributed by atoms with E-state index in [-0.39, 0.29) is 11.0 Å². The quantitative estimate of drug-likeness (QED) is 0.836. The van der Waals surface area contributed by atoms with E-state index in [0.717, 1.165) is 19.3 Å². The molecule has 2 N–H and O–H groups in total. The molecule has 4 fully saturated rings. The van der Waals surface area contributed by atoms with Crippen molar-refractivity contribution in [1.82, 2.24) is 0 Å². The molecule has 4 bridgehead atoms. The molecule has 0 amide bonds. The smallest absolute Gasteiger partial charge is 0.331 e. The Bertz CT molecular complexity index is 594. The first kappa shape index (κ1) is 15.0. The minimum atomic E-state index is -1.06. The Labute approximate surface area is 136 Å². The van der Waals surface area contributed by atoms with E-state index in [0.29, 0.717) is 17.8 Å². The summed E-state index contributed by atoms with van der Waals surface area (Å²) in [5.74, 6) is -0.405. The lowest BCUT2D eigenvalue weighted by Crippen LogP contribution is -2.60. The fraction of sp³-hybridized carbons (Fsp3) is 0.684. The first-order chi connectivity index (χ1) is 10.9. The van der Waals surface area contributed by atoms with Crippen LogP contribution in [0, 0.1) is 34.5 Å². The second-order valence-electron chi connectivity index (χ2n) is 8.38. The zero-order chi connectivity index (χ0) is 16.4. The number of aliphatic carboxylic acids is 2. The number of rotatable bonds is 3.